The summed E-state index contributed by atoms with van der Waals surface area (Å²) in [4.78, 5) is 28.8. The van der Waals surface area contributed by atoms with Gasteiger partial charge in [-0.3, -0.25) is 0 Å². The number of aliphatic hydroxyl groups is 3. The van der Waals surface area contributed by atoms with Crippen LogP contribution in [0.15, 0.2) is 67.0 Å². The van der Waals surface area contributed by atoms with Crippen LogP contribution in [0.4, 0.5) is 16.6 Å². The summed E-state index contributed by atoms with van der Waals surface area (Å²) in [6.07, 6.45) is 0.0275. The zero-order chi connectivity index (χ0) is 30.6. The van der Waals surface area contributed by atoms with Crippen LogP contribution in [0.5, 0.6) is 0 Å². The Balaban J connectivity index is 1.25. The lowest BCUT2D eigenvalue weighted by molar-refractivity contribution is 0.0136. The van der Waals surface area contributed by atoms with E-state index in [-0.39, 0.29) is 31.7 Å². The number of aromatic nitrogens is 4. The van der Waals surface area contributed by atoms with Crippen LogP contribution in [-0.2, 0) is 17.8 Å². The topological polar surface area (TPSA) is 184 Å². The number of nitrogens with zero attached hydrogens (tertiary/aromatic N) is 5. The molecule has 1 saturated carbocycles. The molecule has 44 heavy (non-hydrogen) atoms. The summed E-state index contributed by atoms with van der Waals surface area (Å²) < 4.78 is 7.05. The number of carbonyl (C=O) groups is 1. The highest BCUT2D eigenvalue weighted by atomic mass is 16.5. The Morgan fingerprint density at radius 1 is 1.05 bits per heavy atom. The van der Waals surface area contributed by atoms with Crippen molar-refractivity contribution in [3.8, 4) is 0 Å². The van der Waals surface area contributed by atoms with E-state index < -0.39 is 30.4 Å². The van der Waals surface area contributed by atoms with Crippen molar-refractivity contribution in [1.82, 2.24) is 24.8 Å². The third-order valence-electron chi connectivity index (χ3n) is 8.33. The summed E-state index contributed by atoms with van der Waals surface area (Å²) >= 11 is 0. The van der Waals surface area contributed by atoms with Gasteiger partial charge < -0.3 is 45.9 Å². The number of benzene rings is 2. The second kappa shape index (κ2) is 13.1. The molecule has 2 aliphatic rings. The van der Waals surface area contributed by atoms with Crippen molar-refractivity contribution in [3.05, 3.63) is 78.1 Å². The fraction of sp³-hybridized carbons (Fsp3) is 0.419. The standard InChI is InChI=1S/C31H38N8O5/c32-21-11-12-38(15-21)30-36-28(34-22(16-40)13-19-7-3-1-4-8-19)25-29(37-30)39(18-33-25)24-14-23(26(41)27(24)42)35-31(43)44-17-20-9-5-2-6-10-20/h1-10,18,21-24,26-27,40-42H,11-17,32H2,(H,35,43)(H,34,36,37)/t21?,22-,23-,24+,26+,27-/m0/s1. The number of rotatable bonds is 10. The Morgan fingerprint density at radius 3 is 2.45 bits per heavy atom. The van der Waals surface area contributed by atoms with Gasteiger partial charge in [-0.2, -0.15) is 9.97 Å². The Bertz CT molecular complexity index is 1550. The molecule has 2 aromatic heterocycles. The zero-order valence-electron chi connectivity index (χ0n) is 24.2. The number of anilines is 2. The molecule has 1 unspecified atom stereocenters. The van der Waals surface area contributed by atoms with Crippen LogP contribution in [-0.4, -0.2) is 91.0 Å². The van der Waals surface area contributed by atoms with Gasteiger partial charge in [-0.15, -0.1) is 0 Å². The number of aliphatic hydroxyl groups excluding tert-OH is 3. The fourth-order valence-corrected chi connectivity index (χ4v) is 5.96. The first-order valence-corrected chi connectivity index (χ1v) is 14.9. The average Bonchev–Trinajstić information content (AvgIpc) is 3.74. The number of hydrogen-bond acceptors (Lipinski definition) is 11. The van der Waals surface area contributed by atoms with E-state index in [1.165, 1.54) is 0 Å². The van der Waals surface area contributed by atoms with Gasteiger partial charge in [0.2, 0.25) is 5.95 Å². The van der Waals surface area contributed by atoms with E-state index in [1.807, 2.05) is 65.6 Å². The van der Waals surface area contributed by atoms with Gasteiger partial charge in [0.05, 0.1) is 31.1 Å². The van der Waals surface area contributed by atoms with Gasteiger partial charge in [-0.05, 0) is 30.4 Å². The molecule has 6 atom stereocenters. The Kier molecular flexibility index (Phi) is 8.89. The first-order valence-electron chi connectivity index (χ1n) is 14.9. The monoisotopic (exact) mass is 602 g/mol. The number of imidazole rings is 1. The second-order valence-corrected chi connectivity index (χ2v) is 11.5. The van der Waals surface area contributed by atoms with E-state index in [0.717, 1.165) is 17.5 Å². The number of fused-ring (bicyclic) bond motifs is 1. The average molecular weight is 603 g/mol. The molecule has 2 fully saturated rings. The van der Waals surface area contributed by atoms with Gasteiger partial charge in [-0.1, -0.05) is 60.7 Å². The number of hydrogen-bond donors (Lipinski definition) is 6. The predicted octanol–water partition coefficient (Wildman–Crippen LogP) is 1.34. The van der Waals surface area contributed by atoms with Crippen LogP contribution in [0.3, 0.4) is 0 Å². The van der Waals surface area contributed by atoms with Gasteiger partial charge in [0, 0.05) is 19.1 Å². The molecule has 232 valence electrons. The lowest BCUT2D eigenvalue weighted by Gasteiger charge is -2.22. The third kappa shape index (κ3) is 6.45. The third-order valence-corrected chi connectivity index (χ3v) is 8.33. The fourth-order valence-electron chi connectivity index (χ4n) is 5.96. The summed E-state index contributed by atoms with van der Waals surface area (Å²) in [5.74, 6) is 0.907. The van der Waals surface area contributed by atoms with Crippen molar-refractivity contribution in [2.45, 2.75) is 62.2 Å². The van der Waals surface area contributed by atoms with Crippen molar-refractivity contribution >= 4 is 29.0 Å². The predicted molar refractivity (Wildman–Crippen MR) is 164 cm³/mol. The van der Waals surface area contributed by atoms with Crippen molar-refractivity contribution in [2.75, 3.05) is 29.9 Å². The Labute approximate surface area is 254 Å². The number of ether oxygens (including phenoxy) is 1. The molecule has 0 radical (unpaired) electrons. The highest BCUT2D eigenvalue weighted by Crippen LogP contribution is 2.35. The van der Waals surface area contributed by atoms with Crippen LogP contribution in [0.2, 0.25) is 0 Å². The SMILES string of the molecule is NC1CCN(c2nc(N[C@H](CO)Cc3ccccc3)c3ncn([C@@H]4C[C@H](NC(=O)OCc5ccccc5)[C@@H](O)[C@H]4O)c3n2)C1. The molecule has 13 heteroatoms. The minimum absolute atomic E-state index is 0.000770. The molecular formula is C31H38N8O5. The number of nitrogens with two attached hydrogens (primary N) is 1. The summed E-state index contributed by atoms with van der Waals surface area (Å²) in [5.41, 5.74) is 9.00. The van der Waals surface area contributed by atoms with Crippen LogP contribution in [0, 0.1) is 0 Å². The summed E-state index contributed by atoms with van der Waals surface area (Å²) in [6, 6.07) is 17.4. The molecule has 2 aromatic carbocycles. The van der Waals surface area contributed by atoms with E-state index in [9.17, 15) is 20.1 Å². The Morgan fingerprint density at radius 2 is 1.77 bits per heavy atom. The van der Waals surface area contributed by atoms with Crippen molar-refractivity contribution in [3.63, 3.8) is 0 Å². The van der Waals surface area contributed by atoms with Crippen molar-refractivity contribution < 1.29 is 24.9 Å². The molecule has 3 heterocycles. The van der Waals surface area contributed by atoms with Gasteiger partial charge in [0.25, 0.3) is 0 Å². The number of nitrogens with one attached hydrogen (secondary N) is 2. The molecule has 7 N–H and O–H groups in total. The summed E-state index contributed by atoms with van der Waals surface area (Å²) in [7, 11) is 0. The molecule has 1 aliphatic carbocycles. The quantitative estimate of drug-likeness (QED) is 0.154. The minimum Gasteiger partial charge on any atom is -0.445 e. The van der Waals surface area contributed by atoms with Gasteiger partial charge >= 0.3 is 6.09 Å². The number of amides is 1. The molecular weight excluding hydrogens is 564 g/mol. The maximum Gasteiger partial charge on any atom is 0.407 e. The van der Waals surface area contributed by atoms with E-state index in [2.05, 4.69) is 15.6 Å². The second-order valence-electron chi connectivity index (χ2n) is 11.5. The first-order chi connectivity index (χ1) is 21.4. The van der Waals surface area contributed by atoms with E-state index in [1.54, 1.807) is 10.9 Å². The molecule has 13 nitrogen and oxygen atoms in total. The first kappa shape index (κ1) is 29.8. The van der Waals surface area contributed by atoms with E-state index in [0.29, 0.717) is 42.4 Å². The van der Waals surface area contributed by atoms with Crippen molar-refractivity contribution in [2.24, 2.45) is 5.73 Å². The lowest BCUT2D eigenvalue weighted by Crippen LogP contribution is -2.43. The van der Waals surface area contributed by atoms with E-state index >= 15 is 0 Å². The highest BCUT2D eigenvalue weighted by Gasteiger charge is 2.44. The van der Waals surface area contributed by atoms with Crippen LogP contribution >= 0.6 is 0 Å². The molecule has 1 amide bonds. The molecule has 4 aromatic rings. The number of alkyl carbamates (subject to hydrolysis) is 1. The molecule has 0 bridgehead atoms. The summed E-state index contributed by atoms with van der Waals surface area (Å²) in [5, 5.41) is 38.3. The van der Waals surface area contributed by atoms with Crippen LogP contribution in [0.1, 0.15) is 30.0 Å². The lowest BCUT2D eigenvalue weighted by atomic mass is 10.1. The van der Waals surface area contributed by atoms with Crippen LogP contribution < -0.4 is 21.3 Å². The molecule has 1 aliphatic heterocycles. The van der Waals surface area contributed by atoms with E-state index in [4.69, 9.17) is 20.4 Å². The van der Waals surface area contributed by atoms with Crippen LogP contribution in [0.25, 0.3) is 11.2 Å². The molecule has 6 rings (SSSR count). The largest absolute Gasteiger partial charge is 0.445 e. The molecule has 0 spiro atoms. The highest BCUT2D eigenvalue weighted by molar-refractivity contribution is 5.84. The minimum atomic E-state index is -1.23. The smallest absolute Gasteiger partial charge is 0.407 e. The Hall–Kier alpha value is -4.30. The van der Waals surface area contributed by atoms with Crippen molar-refractivity contribution in [1.29, 1.82) is 0 Å². The van der Waals surface area contributed by atoms with Gasteiger partial charge in [0.15, 0.2) is 17.0 Å². The maximum atomic E-state index is 12.5. The van der Waals surface area contributed by atoms with Gasteiger partial charge in [0.1, 0.15) is 18.8 Å². The zero-order valence-corrected chi connectivity index (χ0v) is 24.2. The number of carbonyl (C=O) groups excluding carboxylic acids is 1. The maximum absolute atomic E-state index is 12.5. The molecule has 1 saturated heterocycles. The normalized spacial score (nSPS) is 24.0. The summed E-state index contributed by atoms with van der Waals surface area (Å²) in [6.45, 7) is 1.23. The van der Waals surface area contributed by atoms with Gasteiger partial charge in [-0.25, -0.2) is 9.78 Å².